The molecule has 2 N–H and O–H groups in total. The summed E-state index contributed by atoms with van der Waals surface area (Å²) in [7, 11) is 1.78. The minimum Gasteiger partial charge on any atom is -0.378 e. The van der Waals surface area contributed by atoms with Gasteiger partial charge in [-0.1, -0.05) is 54.9 Å². The van der Waals surface area contributed by atoms with Crippen molar-refractivity contribution in [2.45, 2.75) is 25.0 Å². The second-order valence-electron chi connectivity index (χ2n) is 9.54. The number of amides is 3. The summed E-state index contributed by atoms with van der Waals surface area (Å²) in [6.07, 6.45) is 0. The third kappa shape index (κ3) is 7.34. The number of benzene rings is 2. The van der Waals surface area contributed by atoms with Crippen molar-refractivity contribution in [1.82, 2.24) is 25.0 Å². The second-order valence-corrected chi connectivity index (χ2v) is 11.3. The minimum atomic E-state index is -0.452. The van der Waals surface area contributed by atoms with E-state index >= 15 is 0 Å². The van der Waals surface area contributed by atoms with Gasteiger partial charge in [0, 0.05) is 36.4 Å². The van der Waals surface area contributed by atoms with Crippen LogP contribution in [-0.2, 0) is 16.6 Å². The molecule has 1 aliphatic rings. The monoisotopic (exact) mass is 604 g/mol. The number of aromatic nitrogens is 3. The van der Waals surface area contributed by atoms with E-state index in [1.54, 1.807) is 52.9 Å². The van der Waals surface area contributed by atoms with Crippen molar-refractivity contribution in [2.24, 2.45) is 13.0 Å². The Morgan fingerprint density at radius 2 is 1.82 bits per heavy atom. The van der Waals surface area contributed by atoms with Crippen LogP contribution >= 0.6 is 35.0 Å². The lowest BCUT2D eigenvalue weighted by atomic mass is 10.0. The first-order valence-corrected chi connectivity index (χ1v) is 14.4. The quantitative estimate of drug-likeness (QED) is 0.346. The van der Waals surface area contributed by atoms with E-state index in [4.69, 9.17) is 27.9 Å². The molecule has 1 aromatic heterocycles. The van der Waals surface area contributed by atoms with Gasteiger partial charge in [0.25, 0.3) is 11.8 Å². The number of thioether (sulfide) groups is 1. The molecule has 0 bridgehead atoms. The smallest absolute Gasteiger partial charge is 0.254 e. The fourth-order valence-corrected chi connectivity index (χ4v) is 5.36. The van der Waals surface area contributed by atoms with Gasteiger partial charge in [-0.05, 0) is 42.3 Å². The number of morpholine rings is 1. The summed E-state index contributed by atoms with van der Waals surface area (Å²) >= 11 is 13.4. The summed E-state index contributed by atoms with van der Waals surface area (Å²) in [6.45, 7) is 6.04. The summed E-state index contributed by atoms with van der Waals surface area (Å²) in [5.41, 5.74) is 1.35. The molecule has 10 nitrogen and oxygen atoms in total. The van der Waals surface area contributed by atoms with Crippen LogP contribution in [0.15, 0.2) is 47.6 Å². The van der Waals surface area contributed by atoms with Crippen molar-refractivity contribution in [1.29, 1.82) is 0 Å². The molecule has 2 aromatic carbocycles. The molecule has 4 rings (SSSR count). The number of ether oxygens (including phenoxy) is 1. The number of nitrogens with one attached hydrogen (secondary N) is 2. The summed E-state index contributed by atoms with van der Waals surface area (Å²) in [6, 6.07) is 11.1. The van der Waals surface area contributed by atoms with Gasteiger partial charge in [-0.3, -0.25) is 14.4 Å². The van der Waals surface area contributed by atoms with Crippen molar-refractivity contribution in [3.8, 4) is 0 Å². The summed E-state index contributed by atoms with van der Waals surface area (Å²) in [5.74, 6) is -0.0854. The van der Waals surface area contributed by atoms with E-state index < -0.39 is 6.04 Å². The van der Waals surface area contributed by atoms with Gasteiger partial charge in [-0.15, -0.1) is 10.2 Å². The zero-order valence-electron chi connectivity index (χ0n) is 22.3. The lowest BCUT2D eigenvalue weighted by Gasteiger charge is -2.27. The maximum atomic E-state index is 12.9. The zero-order chi connectivity index (χ0) is 28.8. The van der Waals surface area contributed by atoms with Crippen molar-refractivity contribution in [3.05, 3.63) is 69.5 Å². The predicted molar refractivity (Wildman–Crippen MR) is 155 cm³/mol. The maximum absolute atomic E-state index is 12.9. The van der Waals surface area contributed by atoms with Crippen molar-refractivity contribution >= 4 is 58.4 Å². The van der Waals surface area contributed by atoms with Crippen LogP contribution in [0.5, 0.6) is 0 Å². The standard InChI is InChI=1S/C27H30Cl2N6O4S/c1-16(2)23(31-25(37)20-8-7-18(28)14-21(20)29)24-32-33-27(34(24)3)40-15-22(36)30-19-6-4-5-17(13-19)26(38)35-9-11-39-12-10-35/h4-8,13-14,16,23H,9-12,15H2,1-3H3,(H,30,36)(H,31,37)/t23-/m0/s1. The first-order chi connectivity index (χ1) is 19.1. The van der Waals surface area contributed by atoms with Crippen LogP contribution < -0.4 is 10.6 Å². The number of nitrogens with zero attached hydrogens (tertiary/aromatic N) is 4. The van der Waals surface area contributed by atoms with Crippen LogP contribution in [0.4, 0.5) is 5.69 Å². The van der Waals surface area contributed by atoms with Gasteiger partial charge in [-0.25, -0.2) is 0 Å². The molecule has 40 heavy (non-hydrogen) atoms. The number of hydrogen-bond acceptors (Lipinski definition) is 7. The zero-order valence-corrected chi connectivity index (χ0v) is 24.6. The number of carbonyl (C=O) groups excluding carboxylic acids is 3. The number of anilines is 1. The molecule has 13 heteroatoms. The van der Waals surface area contributed by atoms with E-state index in [2.05, 4.69) is 20.8 Å². The molecular formula is C27H30Cl2N6O4S. The van der Waals surface area contributed by atoms with Gasteiger partial charge < -0.3 is 24.8 Å². The summed E-state index contributed by atoms with van der Waals surface area (Å²) in [4.78, 5) is 40.2. The average Bonchev–Trinajstić information content (AvgIpc) is 3.30. The van der Waals surface area contributed by atoms with Gasteiger partial charge in [0.15, 0.2) is 11.0 Å². The molecule has 212 valence electrons. The molecule has 0 radical (unpaired) electrons. The van der Waals surface area contributed by atoms with Crippen LogP contribution in [0.25, 0.3) is 0 Å². The molecule has 0 aliphatic carbocycles. The molecular weight excluding hydrogens is 575 g/mol. The molecule has 2 heterocycles. The van der Waals surface area contributed by atoms with Gasteiger partial charge in [0.05, 0.1) is 35.6 Å². The highest BCUT2D eigenvalue weighted by Crippen LogP contribution is 2.26. The molecule has 1 aliphatic heterocycles. The Balaban J connectivity index is 1.37. The van der Waals surface area contributed by atoms with Crippen LogP contribution in [-0.4, -0.2) is 69.4 Å². The third-order valence-corrected chi connectivity index (χ3v) is 7.87. The van der Waals surface area contributed by atoms with Crippen molar-refractivity contribution < 1.29 is 19.1 Å². The molecule has 3 amide bonds. The van der Waals surface area contributed by atoms with E-state index in [1.165, 1.54) is 17.8 Å². The molecule has 1 atom stereocenters. The van der Waals surface area contributed by atoms with E-state index in [0.717, 1.165) is 0 Å². The number of halogens is 2. The van der Waals surface area contributed by atoms with Gasteiger partial charge in [0.1, 0.15) is 0 Å². The number of rotatable bonds is 9. The van der Waals surface area contributed by atoms with Crippen LogP contribution in [0, 0.1) is 5.92 Å². The largest absolute Gasteiger partial charge is 0.378 e. The normalized spacial score (nSPS) is 14.2. The predicted octanol–water partition coefficient (Wildman–Crippen LogP) is 4.45. The third-order valence-electron chi connectivity index (χ3n) is 6.30. The van der Waals surface area contributed by atoms with Crippen LogP contribution in [0.1, 0.15) is 46.4 Å². The Kier molecular flexibility index (Phi) is 10.1. The highest BCUT2D eigenvalue weighted by molar-refractivity contribution is 7.99. The molecule has 0 unspecified atom stereocenters. The van der Waals surface area contributed by atoms with Crippen LogP contribution in [0.2, 0.25) is 10.0 Å². The Labute approximate surface area is 246 Å². The van der Waals surface area contributed by atoms with Gasteiger partial charge in [-0.2, -0.15) is 0 Å². The first kappa shape index (κ1) is 29.9. The first-order valence-electron chi connectivity index (χ1n) is 12.7. The van der Waals surface area contributed by atoms with Gasteiger partial charge >= 0.3 is 0 Å². The van der Waals surface area contributed by atoms with Crippen molar-refractivity contribution in [3.63, 3.8) is 0 Å². The van der Waals surface area contributed by atoms with Crippen molar-refractivity contribution in [2.75, 3.05) is 37.4 Å². The lowest BCUT2D eigenvalue weighted by Crippen LogP contribution is -2.40. The van der Waals surface area contributed by atoms with Gasteiger partial charge in [0.2, 0.25) is 5.91 Å². The summed E-state index contributed by atoms with van der Waals surface area (Å²) in [5, 5.41) is 15.6. The highest BCUT2D eigenvalue weighted by Gasteiger charge is 2.26. The Bertz CT molecular complexity index is 1390. The Hall–Kier alpha value is -3.12. The Morgan fingerprint density at radius 3 is 2.52 bits per heavy atom. The Morgan fingerprint density at radius 1 is 1.07 bits per heavy atom. The molecule has 1 fully saturated rings. The number of carbonyl (C=O) groups is 3. The molecule has 3 aromatic rings. The fourth-order valence-electron chi connectivity index (χ4n) is 4.15. The van der Waals surface area contributed by atoms with Crippen LogP contribution in [0.3, 0.4) is 0 Å². The number of hydrogen-bond donors (Lipinski definition) is 2. The van der Waals surface area contributed by atoms with E-state index in [0.29, 0.717) is 59.1 Å². The fraction of sp³-hybridized carbons (Fsp3) is 0.370. The SMILES string of the molecule is CC(C)[C@H](NC(=O)c1ccc(Cl)cc1Cl)c1nnc(SCC(=O)Nc2cccc(C(=O)N3CCOCC3)c2)n1C. The molecule has 0 spiro atoms. The molecule has 1 saturated heterocycles. The lowest BCUT2D eigenvalue weighted by molar-refractivity contribution is -0.113. The summed E-state index contributed by atoms with van der Waals surface area (Å²) < 4.78 is 7.07. The topological polar surface area (TPSA) is 118 Å². The molecule has 0 saturated carbocycles. The van der Waals surface area contributed by atoms with E-state index in [9.17, 15) is 14.4 Å². The highest BCUT2D eigenvalue weighted by atomic mass is 35.5. The average molecular weight is 606 g/mol. The minimum absolute atomic E-state index is 0.00785. The second kappa shape index (κ2) is 13.5. The van der Waals surface area contributed by atoms with E-state index in [-0.39, 0.29) is 34.4 Å². The van der Waals surface area contributed by atoms with E-state index in [1.807, 2.05) is 13.8 Å². The maximum Gasteiger partial charge on any atom is 0.254 e.